The third kappa shape index (κ3) is 4.98. The van der Waals surface area contributed by atoms with E-state index < -0.39 is 11.9 Å². The molecule has 0 saturated heterocycles. The lowest BCUT2D eigenvalue weighted by Crippen LogP contribution is -2.30. The van der Waals surface area contributed by atoms with Crippen molar-refractivity contribution in [2.24, 2.45) is 0 Å². The molecule has 1 N–H and O–H groups in total. The minimum Gasteiger partial charge on any atom is -0.484 e. The van der Waals surface area contributed by atoms with Crippen LogP contribution >= 0.6 is 11.6 Å². The van der Waals surface area contributed by atoms with E-state index >= 15 is 0 Å². The highest BCUT2D eigenvalue weighted by Gasteiger charge is 2.41. The fraction of sp³-hybridized carbons (Fsp3) is 0.474. The number of nitrogens with one attached hydrogen (secondary N) is 1. The van der Waals surface area contributed by atoms with E-state index in [2.05, 4.69) is 10.4 Å². The van der Waals surface area contributed by atoms with Crippen LogP contribution in [0, 0.1) is 6.92 Å². The van der Waals surface area contributed by atoms with Crippen molar-refractivity contribution in [3.63, 3.8) is 0 Å². The van der Waals surface area contributed by atoms with Gasteiger partial charge in [0, 0.05) is 19.0 Å². The normalized spacial score (nSPS) is 14.2. The Bertz CT molecular complexity index is 847. The molecule has 9 heteroatoms. The van der Waals surface area contributed by atoms with Crippen molar-refractivity contribution in [2.75, 3.05) is 13.2 Å². The van der Waals surface area contributed by atoms with Crippen LogP contribution in [0.25, 0.3) is 0 Å². The number of alkyl halides is 3. The average Bonchev–Trinajstić information content (AvgIpc) is 3.40. The molecule has 2 aromatic rings. The van der Waals surface area contributed by atoms with Gasteiger partial charge in [0.15, 0.2) is 12.3 Å². The minimum atomic E-state index is -4.58. The molecule has 0 atom stereocenters. The Morgan fingerprint density at radius 3 is 2.71 bits per heavy atom. The van der Waals surface area contributed by atoms with Gasteiger partial charge in [0.25, 0.3) is 5.91 Å². The van der Waals surface area contributed by atoms with Crippen molar-refractivity contribution < 1.29 is 22.7 Å². The monoisotopic (exact) mass is 415 g/mol. The first kappa shape index (κ1) is 20.5. The molecule has 152 valence electrons. The van der Waals surface area contributed by atoms with Crippen molar-refractivity contribution in [1.82, 2.24) is 15.1 Å². The summed E-state index contributed by atoms with van der Waals surface area (Å²) in [6, 6.07) is 7.36. The zero-order valence-electron chi connectivity index (χ0n) is 15.4. The van der Waals surface area contributed by atoms with Crippen molar-refractivity contribution in [3.8, 4) is 5.75 Å². The smallest absolute Gasteiger partial charge is 0.436 e. The number of ether oxygens (including phenoxy) is 1. The lowest BCUT2D eigenvalue weighted by molar-refractivity contribution is -0.141. The summed E-state index contributed by atoms with van der Waals surface area (Å²) >= 11 is 5.93. The van der Waals surface area contributed by atoms with Crippen LogP contribution in [0.15, 0.2) is 24.3 Å². The summed E-state index contributed by atoms with van der Waals surface area (Å²) < 4.78 is 45.9. The van der Waals surface area contributed by atoms with Crippen LogP contribution in [0.1, 0.15) is 42.1 Å². The van der Waals surface area contributed by atoms with Crippen LogP contribution in [-0.4, -0.2) is 28.8 Å². The molecule has 28 heavy (non-hydrogen) atoms. The molecule has 1 heterocycles. The second-order valence-corrected chi connectivity index (χ2v) is 7.18. The number of amides is 1. The van der Waals surface area contributed by atoms with Crippen LogP contribution in [0.3, 0.4) is 0 Å². The van der Waals surface area contributed by atoms with Gasteiger partial charge in [-0.2, -0.15) is 18.3 Å². The van der Waals surface area contributed by atoms with Crippen LogP contribution in [0.5, 0.6) is 5.75 Å². The lowest BCUT2D eigenvalue weighted by atomic mass is 10.2. The molecule has 1 aromatic carbocycles. The largest absolute Gasteiger partial charge is 0.484 e. The highest BCUT2D eigenvalue weighted by atomic mass is 35.5. The predicted molar refractivity (Wildman–Crippen MR) is 98.5 cm³/mol. The first-order valence-electron chi connectivity index (χ1n) is 9.06. The van der Waals surface area contributed by atoms with Crippen LogP contribution in [-0.2, 0) is 17.5 Å². The maximum atomic E-state index is 13.0. The standard InChI is InChI=1S/C19H21ClF3N3O2/c1-12-5-2-3-6-14(12)28-11-15(27)24-9-4-10-26-17(13-7-8-13)16(20)18(25-26)19(21,22)23/h2-3,5-6,13H,4,7-11H2,1H3,(H,24,27). The zero-order chi connectivity index (χ0) is 20.3. The molecule has 1 aliphatic rings. The number of carbonyl (C=O) groups excluding carboxylic acids is 1. The Morgan fingerprint density at radius 2 is 2.07 bits per heavy atom. The fourth-order valence-corrected chi connectivity index (χ4v) is 3.32. The van der Waals surface area contributed by atoms with E-state index in [1.54, 1.807) is 6.07 Å². The summed E-state index contributed by atoms with van der Waals surface area (Å²) in [4.78, 5) is 11.9. The van der Waals surface area contributed by atoms with Crippen molar-refractivity contribution in [2.45, 2.75) is 44.8 Å². The third-order valence-corrected chi connectivity index (χ3v) is 4.86. The average molecular weight is 416 g/mol. The van der Waals surface area contributed by atoms with E-state index in [0.717, 1.165) is 18.4 Å². The number of rotatable bonds is 8. The molecule has 1 fully saturated rings. The molecule has 0 spiro atoms. The van der Waals surface area contributed by atoms with Crippen LogP contribution in [0.2, 0.25) is 5.02 Å². The van der Waals surface area contributed by atoms with Crippen molar-refractivity contribution in [3.05, 3.63) is 46.2 Å². The van der Waals surface area contributed by atoms with E-state index in [-0.39, 0.29) is 30.0 Å². The number of para-hydroxylation sites is 1. The number of hydrogen-bond donors (Lipinski definition) is 1. The Hall–Kier alpha value is -2.22. The Labute approximate surface area is 165 Å². The molecular formula is C19H21ClF3N3O2. The Balaban J connectivity index is 1.49. The van der Waals surface area contributed by atoms with Crippen molar-refractivity contribution in [1.29, 1.82) is 0 Å². The van der Waals surface area contributed by atoms with Gasteiger partial charge in [0.2, 0.25) is 0 Å². The van der Waals surface area contributed by atoms with Crippen LogP contribution in [0.4, 0.5) is 13.2 Å². The highest BCUT2D eigenvalue weighted by molar-refractivity contribution is 6.32. The number of hydrogen-bond acceptors (Lipinski definition) is 3. The SMILES string of the molecule is Cc1ccccc1OCC(=O)NCCCn1nc(C(F)(F)F)c(Cl)c1C1CC1. The summed E-state index contributed by atoms with van der Waals surface area (Å²) in [5.74, 6) is 0.380. The molecule has 0 radical (unpaired) electrons. The molecule has 0 unspecified atom stereocenters. The molecule has 1 aromatic heterocycles. The number of carbonyl (C=O) groups is 1. The molecule has 5 nitrogen and oxygen atoms in total. The predicted octanol–water partition coefficient (Wildman–Crippen LogP) is 4.33. The summed E-state index contributed by atoms with van der Waals surface area (Å²) in [6.07, 6.45) is -2.51. The minimum absolute atomic E-state index is 0.0354. The second kappa shape index (κ2) is 8.43. The first-order chi connectivity index (χ1) is 13.3. The van der Waals surface area contributed by atoms with Gasteiger partial charge in [-0.3, -0.25) is 9.48 Å². The first-order valence-corrected chi connectivity index (χ1v) is 9.43. The summed E-state index contributed by atoms with van der Waals surface area (Å²) in [6.45, 7) is 2.32. The topological polar surface area (TPSA) is 56.1 Å². The molecule has 1 aliphatic carbocycles. The van der Waals surface area contributed by atoms with E-state index in [9.17, 15) is 18.0 Å². The summed E-state index contributed by atoms with van der Waals surface area (Å²) in [5, 5.41) is 6.06. The number of halogens is 4. The van der Waals surface area contributed by atoms with Gasteiger partial charge < -0.3 is 10.1 Å². The second-order valence-electron chi connectivity index (χ2n) is 6.80. The quantitative estimate of drug-likeness (QED) is 0.653. The number of nitrogens with zero attached hydrogens (tertiary/aromatic N) is 2. The number of benzene rings is 1. The summed E-state index contributed by atoms with van der Waals surface area (Å²) in [5.41, 5.74) is 0.342. The maximum absolute atomic E-state index is 13.0. The molecule has 3 rings (SSSR count). The molecule has 0 aliphatic heterocycles. The van der Waals surface area contributed by atoms with Gasteiger partial charge in [-0.05, 0) is 37.8 Å². The highest BCUT2D eigenvalue weighted by Crippen LogP contribution is 2.46. The van der Waals surface area contributed by atoms with Crippen LogP contribution < -0.4 is 10.1 Å². The van der Waals surface area contributed by atoms with E-state index in [1.165, 1.54) is 4.68 Å². The molecular weight excluding hydrogens is 395 g/mol. The van der Waals surface area contributed by atoms with Gasteiger partial charge in [-0.25, -0.2) is 0 Å². The molecule has 1 saturated carbocycles. The van der Waals surface area contributed by atoms with Gasteiger partial charge in [0.1, 0.15) is 5.75 Å². The third-order valence-electron chi connectivity index (χ3n) is 4.49. The van der Waals surface area contributed by atoms with E-state index in [0.29, 0.717) is 24.4 Å². The van der Waals surface area contributed by atoms with Gasteiger partial charge in [0.05, 0.1) is 10.7 Å². The number of aromatic nitrogens is 2. The van der Waals surface area contributed by atoms with Crippen molar-refractivity contribution >= 4 is 17.5 Å². The fourth-order valence-electron chi connectivity index (χ4n) is 2.92. The van der Waals surface area contributed by atoms with E-state index in [1.807, 2.05) is 25.1 Å². The Kier molecular flexibility index (Phi) is 6.17. The Morgan fingerprint density at radius 1 is 1.36 bits per heavy atom. The summed E-state index contributed by atoms with van der Waals surface area (Å²) in [7, 11) is 0. The van der Waals surface area contributed by atoms with E-state index in [4.69, 9.17) is 16.3 Å². The van der Waals surface area contributed by atoms with Gasteiger partial charge >= 0.3 is 6.18 Å². The molecule has 0 bridgehead atoms. The van der Waals surface area contributed by atoms with Gasteiger partial charge in [-0.1, -0.05) is 29.8 Å². The lowest BCUT2D eigenvalue weighted by Gasteiger charge is -2.10. The maximum Gasteiger partial charge on any atom is 0.436 e. The zero-order valence-corrected chi connectivity index (χ0v) is 16.1. The number of aryl methyl sites for hydroxylation is 2. The molecule has 1 amide bonds. The van der Waals surface area contributed by atoms with Gasteiger partial charge in [-0.15, -0.1) is 0 Å².